The summed E-state index contributed by atoms with van der Waals surface area (Å²) in [6.45, 7) is 0. The van der Waals surface area contributed by atoms with Crippen molar-refractivity contribution in [2.75, 3.05) is 5.73 Å². The van der Waals surface area contributed by atoms with Gasteiger partial charge in [0.05, 0.1) is 6.42 Å². The molecule has 0 aliphatic heterocycles. The Morgan fingerprint density at radius 2 is 2.05 bits per heavy atom. The van der Waals surface area contributed by atoms with Gasteiger partial charge in [0.15, 0.2) is 11.6 Å². The molecule has 0 unspecified atom stereocenters. The summed E-state index contributed by atoms with van der Waals surface area (Å²) in [5.41, 5.74) is 5.95. The van der Waals surface area contributed by atoms with E-state index in [0.29, 0.717) is 0 Å². The van der Waals surface area contributed by atoms with Crippen LogP contribution in [0.5, 0.6) is 0 Å². The van der Waals surface area contributed by atoms with Gasteiger partial charge in [-0.25, -0.2) is 13.8 Å². The summed E-state index contributed by atoms with van der Waals surface area (Å²) in [5.74, 6) is -3.23. The van der Waals surface area contributed by atoms with Crippen LogP contribution < -0.4 is 5.73 Å². The average Bonchev–Trinajstić information content (AvgIpc) is 2.33. The van der Waals surface area contributed by atoms with Gasteiger partial charge in [0, 0.05) is 17.3 Å². The van der Waals surface area contributed by atoms with E-state index in [2.05, 4.69) is 4.98 Å². The Hall–Kier alpha value is -2.50. The van der Waals surface area contributed by atoms with Crippen LogP contribution in [0.2, 0.25) is 0 Å². The van der Waals surface area contributed by atoms with E-state index in [-0.39, 0.29) is 28.9 Å². The molecule has 98 valence electrons. The Labute approximate surface area is 107 Å². The van der Waals surface area contributed by atoms with Crippen LogP contribution in [0.25, 0.3) is 11.1 Å². The Morgan fingerprint density at radius 3 is 2.74 bits per heavy atom. The molecule has 6 heteroatoms. The van der Waals surface area contributed by atoms with Crippen molar-refractivity contribution in [1.29, 1.82) is 0 Å². The maximum absolute atomic E-state index is 13.8. The Morgan fingerprint density at radius 1 is 1.32 bits per heavy atom. The van der Waals surface area contributed by atoms with Crippen molar-refractivity contribution in [3.8, 4) is 11.1 Å². The van der Waals surface area contributed by atoms with Crippen LogP contribution in [-0.2, 0) is 11.2 Å². The number of aliphatic carboxylic acids is 1. The van der Waals surface area contributed by atoms with Gasteiger partial charge in [-0.3, -0.25) is 4.79 Å². The third-order valence-corrected chi connectivity index (χ3v) is 2.63. The molecule has 0 saturated carbocycles. The first-order chi connectivity index (χ1) is 9.00. The average molecular weight is 264 g/mol. The van der Waals surface area contributed by atoms with E-state index in [1.165, 1.54) is 24.4 Å². The van der Waals surface area contributed by atoms with Crippen molar-refractivity contribution in [2.24, 2.45) is 0 Å². The zero-order valence-electron chi connectivity index (χ0n) is 9.73. The number of nitrogens with two attached hydrogens (primary N) is 1. The summed E-state index contributed by atoms with van der Waals surface area (Å²) in [4.78, 5) is 14.6. The fourth-order valence-corrected chi connectivity index (χ4v) is 1.84. The van der Waals surface area contributed by atoms with Crippen LogP contribution in [0, 0.1) is 11.6 Å². The van der Waals surface area contributed by atoms with Gasteiger partial charge in [0.1, 0.15) is 5.82 Å². The van der Waals surface area contributed by atoms with Gasteiger partial charge in [-0.05, 0) is 17.7 Å². The van der Waals surface area contributed by atoms with Gasteiger partial charge in [-0.2, -0.15) is 0 Å². The topological polar surface area (TPSA) is 76.2 Å². The minimum atomic E-state index is -1.09. The van der Waals surface area contributed by atoms with E-state index in [0.717, 1.165) is 6.07 Å². The third-order valence-electron chi connectivity index (χ3n) is 2.63. The first kappa shape index (κ1) is 12.9. The molecule has 1 heterocycles. The summed E-state index contributed by atoms with van der Waals surface area (Å²) in [5, 5.41) is 8.82. The van der Waals surface area contributed by atoms with Gasteiger partial charge >= 0.3 is 5.97 Å². The minimum absolute atomic E-state index is 0.0387. The Bertz CT molecular complexity index is 645. The molecule has 0 bridgehead atoms. The summed E-state index contributed by atoms with van der Waals surface area (Å²) >= 11 is 0. The van der Waals surface area contributed by atoms with E-state index in [1.807, 2.05) is 0 Å². The standard InChI is InChI=1S/C13H10F2N2O2/c14-9-3-1-2-8(12(9)15)11-7(6-10(18)19)4-5-17-13(11)16/h1-5H,6H2,(H2,16,17)(H,18,19). The lowest BCUT2D eigenvalue weighted by Gasteiger charge is -2.11. The molecular weight excluding hydrogens is 254 g/mol. The molecule has 2 rings (SSSR count). The van der Waals surface area contributed by atoms with E-state index in [1.54, 1.807) is 0 Å². The predicted octanol–water partition coefficient (Wildman–Crippen LogP) is 2.24. The number of hydrogen-bond acceptors (Lipinski definition) is 3. The summed E-state index contributed by atoms with van der Waals surface area (Å²) in [7, 11) is 0. The number of nitrogen functional groups attached to an aromatic ring is 1. The number of anilines is 1. The molecule has 2 aromatic rings. The Balaban J connectivity index is 2.67. The zero-order chi connectivity index (χ0) is 14.0. The zero-order valence-corrected chi connectivity index (χ0v) is 9.73. The maximum atomic E-state index is 13.8. The molecule has 0 fully saturated rings. The second-order valence-electron chi connectivity index (χ2n) is 3.90. The van der Waals surface area contributed by atoms with E-state index in [4.69, 9.17) is 10.8 Å². The van der Waals surface area contributed by atoms with Crippen LogP contribution in [0.3, 0.4) is 0 Å². The fourth-order valence-electron chi connectivity index (χ4n) is 1.84. The number of rotatable bonds is 3. The smallest absolute Gasteiger partial charge is 0.307 e. The van der Waals surface area contributed by atoms with Crippen molar-refractivity contribution in [3.05, 3.63) is 47.7 Å². The van der Waals surface area contributed by atoms with E-state index in [9.17, 15) is 13.6 Å². The highest BCUT2D eigenvalue weighted by atomic mass is 19.2. The first-order valence-corrected chi connectivity index (χ1v) is 5.40. The molecule has 0 aliphatic rings. The molecule has 1 aromatic carbocycles. The fraction of sp³-hybridized carbons (Fsp3) is 0.0769. The lowest BCUT2D eigenvalue weighted by molar-refractivity contribution is -0.136. The number of pyridine rings is 1. The minimum Gasteiger partial charge on any atom is -0.481 e. The summed E-state index contributed by atoms with van der Waals surface area (Å²) in [6.07, 6.45) is 0.978. The highest BCUT2D eigenvalue weighted by Gasteiger charge is 2.17. The predicted molar refractivity (Wildman–Crippen MR) is 65.3 cm³/mol. The van der Waals surface area contributed by atoms with Crippen molar-refractivity contribution in [1.82, 2.24) is 4.98 Å². The molecular formula is C13H10F2N2O2. The number of carboxylic acids is 1. The van der Waals surface area contributed by atoms with Crippen LogP contribution in [-0.4, -0.2) is 16.1 Å². The number of nitrogens with zero attached hydrogens (tertiary/aromatic N) is 1. The first-order valence-electron chi connectivity index (χ1n) is 5.40. The van der Waals surface area contributed by atoms with Crippen molar-refractivity contribution >= 4 is 11.8 Å². The van der Waals surface area contributed by atoms with Crippen molar-refractivity contribution < 1.29 is 18.7 Å². The lowest BCUT2D eigenvalue weighted by atomic mass is 9.98. The van der Waals surface area contributed by atoms with E-state index >= 15 is 0 Å². The molecule has 19 heavy (non-hydrogen) atoms. The van der Waals surface area contributed by atoms with Crippen LogP contribution in [0.1, 0.15) is 5.56 Å². The molecule has 0 spiro atoms. The molecule has 0 saturated heterocycles. The number of benzene rings is 1. The monoisotopic (exact) mass is 264 g/mol. The molecule has 0 aliphatic carbocycles. The number of carboxylic acid groups (broad SMARTS) is 1. The molecule has 0 amide bonds. The normalized spacial score (nSPS) is 10.4. The summed E-state index contributed by atoms with van der Waals surface area (Å²) in [6, 6.07) is 5.05. The second kappa shape index (κ2) is 5.01. The summed E-state index contributed by atoms with van der Waals surface area (Å²) < 4.78 is 27.0. The van der Waals surface area contributed by atoms with Gasteiger partial charge in [0.2, 0.25) is 0 Å². The molecule has 1 aromatic heterocycles. The van der Waals surface area contributed by atoms with Gasteiger partial charge in [0.25, 0.3) is 0 Å². The third kappa shape index (κ3) is 2.52. The van der Waals surface area contributed by atoms with Gasteiger partial charge in [-0.1, -0.05) is 12.1 Å². The number of aromatic nitrogens is 1. The second-order valence-corrected chi connectivity index (χ2v) is 3.90. The Kier molecular flexibility index (Phi) is 3.41. The number of hydrogen-bond donors (Lipinski definition) is 2. The molecule has 4 nitrogen and oxygen atoms in total. The van der Waals surface area contributed by atoms with Crippen molar-refractivity contribution in [2.45, 2.75) is 6.42 Å². The SMILES string of the molecule is Nc1nccc(CC(=O)O)c1-c1cccc(F)c1F. The molecule has 3 N–H and O–H groups in total. The largest absolute Gasteiger partial charge is 0.481 e. The van der Waals surface area contributed by atoms with Crippen LogP contribution >= 0.6 is 0 Å². The van der Waals surface area contributed by atoms with Crippen LogP contribution in [0.15, 0.2) is 30.5 Å². The van der Waals surface area contributed by atoms with Gasteiger partial charge in [-0.15, -0.1) is 0 Å². The lowest BCUT2D eigenvalue weighted by Crippen LogP contribution is -2.06. The highest BCUT2D eigenvalue weighted by Crippen LogP contribution is 2.31. The quantitative estimate of drug-likeness (QED) is 0.891. The van der Waals surface area contributed by atoms with Crippen molar-refractivity contribution in [3.63, 3.8) is 0 Å². The van der Waals surface area contributed by atoms with Gasteiger partial charge < -0.3 is 10.8 Å². The van der Waals surface area contributed by atoms with Crippen LogP contribution in [0.4, 0.5) is 14.6 Å². The number of halogens is 2. The molecule has 0 atom stereocenters. The maximum Gasteiger partial charge on any atom is 0.307 e. The van der Waals surface area contributed by atoms with E-state index < -0.39 is 17.6 Å². The molecule has 0 radical (unpaired) electrons. The number of carbonyl (C=O) groups is 1. The highest BCUT2D eigenvalue weighted by molar-refractivity contribution is 5.82.